The lowest BCUT2D eigenvalue weighted by Crippen LogP contribution is -2.43. The second-order valence-electron chi connectivity index (χ2n) is 11.0. The fourth-order valence-corrected chi connectivity index (χ4v) is 5.85. The Labute approximate surface area is 218 Å². The van der Waals surface area contributed by atoms with Crippen molar-refractivity contribution in [3.63, 3.8) is 0 Å². The van der Waals surface area contributed by atoms with E-state index in [0.29, 0.717) is 35.0 Å². The molecule has 3 heterocycles. The maximum absolute atomic E-state index is 13.5. The van der Waals surface area contributed by atoms with Gasteiger partial charge in [-0.1, -0.05) is 18.2 Å². The molecule has 1 aromatic carbocycles. The summed E-state index contributed by atoms with van der Waals surface area (Å²) < 4.78 is 7.69. The van der Waals surface area contributed by atoms with Gasteiger partial charge in [-0.05, 0) is 78.6 Å². The highest BCUT2D eigenvalue weighted by Crippen LogP contribution is 2.36. The topological polar surface area (TPSA) is 99.6 Å². The van der Waals surface area contributed by atoms with Crippen molar-refractivity contribution in [3.05, 3.63) is 63.2 Å². The smallest absolute Gasteiger partial charge is 0.256 e. The predicted octanol–water partition coefficient (Wildman–Crippen LogP) is 3.93. The van der Waals surface area contributed by atoms with Gasteiger partial charge >= 0.3 is 0 Å². The number of hydrogen-bond acceptors (Lipinski definition) is 5. The Morgan fingerprint density at radius 3 is 2.57 bits per heavy atom. The molecule has 0 aliphatic carbocycles. The van der Waals surface area contributed by atoms with Crippen LogP contribution in [-0.4, -0.2) is 57.8 Å². The summed E-state index contributed by atoms with van der Waals surface area (Å²) >= 11 is 0. The maximum atomic E-state index is 13.5. The Kier molecular flexibility index (Phi) is 7.80. The number of fused-ring (bicyclic) bond motifs is 1. The summed E-state index contributed by atoms with van der Waals surface area (Å²) in [6.07, 6.45) is 2.08. The van der Waals surface area contributed by atoms with Gasteiger partial charge < -0.3 is 29.6 Å². The number of aliphatic hydroxyl groups is 1. The first-order valence-corrected chi connectivity index (χ1v) is 13.1. The van der Waals surface area contributed by atoms with Crippen LogP contribution >= 0.6 is 0 Å². The van der Waals surface area contributed by atoms with Crippen LogP contribution in [0.5, 0.6) is 5.75 Å². The molecule has 8 nitrogen and oxygen atoms in total. The van der Waals surface area contributed by atoms with Crippen LogP contribution in [0.2, 0.25) is 0 Å². The Hall–Kier alpha value is -3.10. The van der Waals surface area contributed by atoms with E-state index in [-0.39, 0.29) is 24.1 Å². The van der Waals surface area contributed by atoms with Crippen LogP contribution in [0.4, 0.5) is 0 Å². The number of methoxy groups -OCH3 is 1. The van der Waals surface area contributed by atoms with Crippen LogP contribution in [0.3, 0.4) is 0 Å². The number of aromatic amines is 1. The number of hydrogen-bond donors (Lipinski definition) is 3. The molecule has 200 valence electrons. The molecular formula is C29H40N4O4. The summed E-state index contributed by atoms with van der Waals surface area (Å²) in [5, 5.41) is 14.1. The molecule has 2 aromatic heterocycles. The molecule has 8 heteroatoms. The molecule has 1 amide bonds. The van der Waals surface area contributed by atoms with Crippen LogP contribution in [0.25, 0.3) is 10.9 Å². The Morgan fingerprint density at radius 2 is 1.92 bits per heavy atom. The molecule has 3 aromatic rings. The van der Waals surface area contributed by atoms with Gasteiger partial charge in [0.05, 0.1) is 30.4 Å². The third-order valence-corrected chi connectivity index (χ3v) is 7.59. The van der Waals surface area contributed by atoms with Gasteiger partial charge in [0.2, 0.25) is 0 Å². The van der Waals surface area contributed by atoms with Crippen LogP contribution in [-0.2, 0) is 6.54 Å². The number of amides is 1. The minimum Gasteiger partial charge on any atom is -0.496 e. The molecule has 0 saturated carbocycles. The number of carbonyl (C=O) groups excluding carboxylic acids is 1. The molecule has 1 saturated heterocycles. The number of pyridine rings is 1. The van der Waals surface area contributed by atoms with Gasteiger partial charge in [0, 0.05) is 34.9 Å². The molecule has 0 unspecified atom stereocenters. The fraction of sp³-hybridized carbons (Fsp3) is 0.517. The number of benzene rings is 1. The summed E-state index contributed by atoms with van der Waals surface area (Å²) in [5.74, 6) is 0.728. The van der Waals surface area contributed by atoms with Crippen LogP contribution in [0.1, 0.15) is 67.0 Å². The number of carbonyl (C=O) groups is 1. The highest BCUT2D eigenvalue weighted by atomic mass is 16.5. The van der Waals surface area contributed by atoms with Crippen LogP contribution in [0, 0.1) is 19.8 Å². The monoisotopic (exact) mass is 508 g/mol. The first-order chi connectivity index (χ1) is 17.5. The average molecular weight is 509 g/mol. The van der Waals surface area contributed by atoms with Crippen molar-refractivity contribution in [2.75, 3.05) is 26.7 Å². The normalized spacial score (nSPS) is 16.2. The molecule has 1 aliphatic rings. The van der Waals surface area contributed by atoms with Gasteiger partial charge in [-0.15, -0.1) is 0 Å². The number of nitrogens with zero attached hydrogens (tertiary/aromatic N) is 2. The zero-order chi connectivity index (χ0) is 26.9. The van der Waals surface area contributed by atoms with E-state index >= 15 is 0 Å². The van der Waals surface area contributed by atoms with E-state index in [1.165, 1.54) is 7.11 Å². The van der Waals surface area contributed by atoms with E-state index in [1.54, 1.807) is 13.0 Å². The molecule has 4 rings (SSSR count). The molecular weight excluding hydrogens is 468 g/mol. The van der Waals surface area contributed by atoms with E-state index in [4.69, 9.17) is 4.74 Å². The quantitative estimate of drug-likeness (QED) is 0.428. The van der Waals surface area contributed by atoms with Crippen molar-refractivity contribution in [2.24, 2.45) is 5.92 Å². The van der Waals surface area contributed by atoms with Gasteiger partial charge in [0.15, 0.2) is 0 Å². The Balaban J connectivity index is 1.58. The standard InChI is InChI=1S/C29H40N4O4/c1-18-15-25(37-6)23(27(34)31-18)16-30-28(35)26-20(3)33(24-10-8-7-9-22(24)26)19(2)21-11-13-32(14-12-21)17-29(4,5)36/h7-10,15,19,21,36H,11-14,16-17H2,1-6H3,(H,30,35)(H,31,34)/t19-/m1/s1. The minimum absolute atomic E-state index is 0.0752. The Morgan fingerprint density at radius 1 is 1.24 bits per heavy atom. The summed E-state index contributed by atoms with van der Waals surface area (Å²) in [4.78, 5) is 31.1. The average Bonchev–Trinajstić information content (AvgIpc) is 3.13. The van der Waals surface area contributed by atoms with E-state index in [2.05, 4.69) is 32.8 Å². The molecule has 37 heavy (non-hydrogen) atoms. The lowest BCUT2D eigenvalue weighted by molar-refractivity contribution is 0.0214. The molecule has 0 spiro atoms. The number of nitrogens with one attached hydrogen (secondary N) is 2. The second kappa shape index (κ2) is 10.7. The number of likely N-dealkylation sites (tertiary alicyclic amines) is 1. The van der Waals surface area contributed by atoms with Crippen molar-refractivity contribution in [3.8, 4) is 5.75 Å². The summed E-state index contributed by atoms with van der Waals surface area (Å²) in [6.45, 7) is 12.4. The number of piperidine rings is 1. The molecule has 0 radical (unpaired) electrons. The largest absolute Gasteiger partial charge is 0.496 e. The summed E-state index contributed by atoms with van der Waals surface area (Å²) in [5.41, 5.74) is 2.76. The molecule has 0 bridgehead atoms. The zero-order valence-electron chi connectivity index (χ0n) is 22.9. The van der Waals surface area contributed by atoms with Gasteiger partial charge in [0.1, 0.15) is 5.75 Å². The Bertz CT molecular complexity index is 1330. The van der Waals surface area contributed by atoms with E-state index < -0.39 is 5.60 Å². The highest BCUT2D eigenvalue weighted by molar-refractivity contribution is 6.08. The molecule has 3 N–H and O–H groups in total. The SMILES string of the molecule is COc1cc(C)[nH]c(=O)c1CNC(=O)c1c(C)n([C@H](C)C2CCN(CC(C)(C)O)CC2)c2ccccc12. The van der Waals surface area contributed by atoms with Crippen LogP contribution in [0.15, 0.2) is 35.1 Å². The number of ether oxygens (including phenoxy) is 1. The van der Waals surface area contributed by atoms with Gasteiger partial charge in [-0.3, -0.25) is 9.59 Å². The van der Waals surface area contributed by atoms with E-state index in [9.17, 15) is 14.7 Å². The number of H-pyrrole nitrogens is 1. The fourth-order valence-electron chi connectivity index (χ4n) is 5.85. The van der Waals surface area contributed by atoms with Crippen molar-refractivity contribution in [1.29, 1.82) is 0 Å². The van der Waals surface area contributed by atoms with Gasteiger partial charge in [-0.2, -0.15) is 0 Å². The van der Waals surface area contributed by atoms with Crippen molar-refractivity contribution in [1.82, 2.24) is 19.8 Å². The molecule has 1 atom stereocenters. The molecule has 1 aliphatic heterocycles. The van der Waals surface area contributed by atoms with E-state index in [0.717, 1.165) is 42.5 Å². The van der Waals surface area contributed by atoms with Gasteiger partial charge in [-0.25, -0.2) is 0 Å². The van der Waals surface area contributed by atoms with Crippen molar-refractivity contribution >= 4 is 16.8 Å². The summed E-state index contributed by atoms with van der Waals surface area (Å²) in [7, 11) is 1.52. The highest BCUT2D eigenvalue weighted by Gasteiger charge is 2.30. The number of aromatic nitrogens is 2. The minimum atomic E-state index is -0.693. The zero-order valence-corrected chi connectivity index (χ0v) is 22.9. The van der Waals surface area contributed by atoms with Gasteiger partial charge in [0.25, 0.3) is 11.5 Å². The third kappa shape index (κ3) is 5.75. The number of β-amino-alcohol motifs (C(OH)–C–C–N with tert-alkyl or cyclic N) is 1. The number of para-hydroxylation sites is 1. The maximum Gasteiger partial charge on any atom is 0.256 e. The number of rotatable bonds is 8. The van der Waals surface area contributed by atoms with Crippen LogP contribution < -0.4 is 15.6 Å². The van der Waals surface area contributed by atoms with E-state index in [1.807, 2.05) is 39.0 Å². The lowest BCUT2D eigenvalue weighted by Gasteiger charge is -2.38. The van der Waals surface area contributed by atoms with Crippen molar-refractivity contribution < 1.29 is 14.6 Å². The van der Waals surface area contributed by atoms with Crippen molar-refractivity contribution in [2.45, 2.75) is 65.6 Å². The summed E-state index contributed by atoms with van der Waals surface area (Å²) in [6, 6.07) is 10.0. The first-order valence-electron chi connectivity index (χ1n) is 13.1. The lowest BCUT2D eigenvalue weighted by atomic mass is 9.89. The predicted molar refractivity (Wildman–Crippen MR) is 146 cm³/mol. The number of aryl methyl sites for hydroxylation is 1. The molecule has 1 fully saturated rings. The second-order valence-corrected chi connectivity index (χ2v) is 11.0. The third-order valence-electron chi connectivity index (χ3n) is 7.59. The first kappa shape index (κ1) is 26.9.